The Bertz CT molecular complexity index is 777. The van der Waals surface area contributed by atoms with Gasteiger partial charge in [0, 0.05) is 9.64 Å². The number of fused-ring (bicyclic) bond motifs is 1. The molecule has 2 amide bonds. The van der Waals surface area contributed by atoms with Gasteiger partial charge in [-0.2, -0.15) is 0 Å². The highest BCUT2D eigenvalue weighted by molar-refractivity contribution is 8.01. The molecule has 25 heavy (non-hydrogen) atoms. The highest BCUT2D eigenvalue weighted by atomic mass is 32.2. The van der Waals surface area contributed by atoms with E-state index in [4.69, 9.17) is 4.74 Å². The van der Waals surface area contributed by atoms with Crippen LogP contribution in [-0.4, -0.2) is 22.8 Å². The van der Waals surface area contributed by atoms with E-state index in [1.165, 1.54) is 0 Å². The second-order valence-corrected chi connectivity index (χ2v) is 8.03. The molecule has 1 aliphatic heterocycles. The SMILES string of the molecule is CC1(C)Sc2ccccc2NC(=O)C1NC(=O)OCc1ccccc1. The first-order valence-electron chi connectivity index (χ1n) is 8.02. The van der Waals surface area contributed by atoms with E-state index in [0.717, 1.165) is 16.1 Å². The Kier molecular flexibility index (Phi) is 4.99. The fourth-order valence-corrected chi connectivity index (χ4v) is 3.87. The number of ether oxygens (including phenoxy) is 1. The molecule has 5 nitrogen and oxygen atoms in total. The minimum atomic E-state index is -0.715. The van der Waals surface area contributed by atoms with Crippen LogP contribution in [0.15, 0.2) is 59.5 Å². The van der Waals surface area contributed by atoms with Crippen molar-refractivity contribution in [1.82, 2.24) is 5.32 Å². The number of para-hydroxylation sites is 1. The zero-order chi connectivity index (χ0) is 17.9. The number of hydrogen-bond donors (Lipinski definition) is 2. The molecule has 0 fully saturated rings. The second-order valence-electron chi connectivity index (χ2n) is 6.33. The van der Waals surface area contributed by atoms with E-state index in [2.05, 4.69) is 10.6 Å². The van der Waals surface area contributed by atoms with Gasteiger partial charge in [-0.05, 0) is 31.5 Å². The van der Waals surface area contributed by atoms with Crippen molar-refractivity contribution >= 4 is 29.4 Å². The highest BCUT2D eigenvalue weighted by Gasteiger charge is 2.40. The van der Waals surface area contributed by atoms with Gasteiger partial charge < -0.3 is 15.4 Å². The third-order valence-electron chi connectivity index (χ3n) is 3.95. The molecular weight excluding hydrogens is 336 g/mol. The summed E-state index contributed by atoms with van der Waals surface area (Å²) in [6.45, 7) is 4.03. The molecule has 0 aromatic heterocycles. The number of thioether (sulfide) groups is 1. The molecule has 2 aromatic rings. The van der Waals surface area contributed by atoms with Gasteiger partial charge in [0.2, 0.25) is 5.91 Å². The topological polar surface area (TPSA) is 67.4 Å². The number of carbonyl (C=O) groups excluding carboxylic acids is 2. The number of nitrogens with one attached hydrogen (secondary N) is 2. The van der Waals surface area contributed by atoms with Crippen molar-refractivity contribution in [3.8, 4) is 0 Å². The molecule has 0 aliphatic carbocycles. The van der Waals surface area contributed by atoms with Gasteiger partial charge in [0.1, 0.15) is 12.6 Å². The Morgan fingerprint density at radius 2 is 1.84 bits per heavy atom. The van der Waals surface area contributed by atoms with Crippen LogP contribution < -0.4 is 10.6 Å². The van der Waals surface area contributed by atoms with Gasteiger partial charge in [0.25, 0.3) is 0 Å². The molecule has 1 unspecified atom stereocenters. The lowest BCUT2D eigenvalue weighted by Crippen LogP contribution is -2.53. The van der Waals surface area contributed by atoms with Gasteiger partial charge in [-0.3, -0.25) is 4.79 Å². The number of amides is 2. The van der Waals surface area contributed by atoms with Crippen LogP contribution in [0.2, 0.25) is 0 Å². The maximum Gasteiger partial charge on any atom is 0.408 e. The summed E-state index contributed by atoms with van der Waals surface area (Å²) in [5, 5.41) is 5.59. The largest absolute Gasteiger partial charge is 0.445 e. The molecule has 1 aliphatic rings. The van der Waals surface area contributed by atoms with Gasteiger partial charge in [0.15, 0.2) is 0 Å². The van der Waals surface area contributed by atoms with Crippen LogP contribution in [0.3, 0.4) is 0 Å². The van der Waals surface area contributed by atoms with Crippen LogP contribution in [0.4, 0.5) is 10.5 Å². The summed E-state index contributed by atoms with van der Waals surface area (Å²) in [7, 11) is 0. The Morgan fingerprint density at radius 1 is 1.16 bits per heavy atom. The molecule has 6 heteroatoms. The third kappa shape index (κ3) is 4.14. The summed E-state index contributed by atoms with van der Waals surface area (Å²) in [5.41, 5.74) is 1.65. The number of rotatable bonds is 3. The fourth-order valence-electron chi connectivity index (χ4n) is 2.64. The monoisotopic (exact) mass is 356 g/mol. The molecule has 1 atom stereocenters. The first-order chi connectivity index (χ1) is 12.0. The van der Waals surface area contributed by atoms with E-state index in [1.807, 2.05) is 68.4 Å². The molecule has 0 saturated heterocycles. The lowest BCUT2D eigenvalue weighted by molar-refractivity contribution is -0.118. The highest BCUT2D eigenvalue weighted by Crippen LogP contribution is 2.41. The summed E-state index contributed by atoms with van der Waals surface area (Å²) >= 11 is 1.55. The zero-order valence-corrected chi connectivity index (χ0v) is 14.9. The van der Waals surface area contributed by atoms with Crippen LogP contribution in [-0.2, 0) is 16.1 Å². The standard InChI is InChI=1S/C19H20N2O3S/c1-19(2)16(17(22)20-14-10-6-7-11-15(14)25-19)21-18(23)24-12-13-8-4-3-5-9-13/h3-11,16H,12H2,1-2H3,(H,20,22)(H,21,23). The Morgan fingerprint density at radius 3 is 2.60 bits per heavy atom. The van der Waals surface area contributed by atoms with Crippen molar-refractivity contribution in [3.05, 3.63) is 60.2 Å². The van der Waals surface area contributed by atoms with E-state index in [0.29, 0.717) is 0 Å². The number of carbonyl (C=O) groups is 2. The van der Waals surface area contributed by atoms with Gasteiger partial charge in [0.05, 0.1) is 5.69 Å². The van der Waals surface area contributed by atoms with Crippen molar-refractivity contribution in [2.45, 2.75) is 36.1 Å². The van der Waals surface area contributed by atoms with Gasteiger partial charge >= 0.3 is 6.09 Å². The van der Waals surface area contributed by atoms with E-state index >= 15 is 0 Å². The predicted octanol–water partition coefficient (Wildman–Crippen LogP) is 3.80. The molecule has 1 heterocycles. The maximum atomic E-state index is 12.6. The van der Waals surface area contributed by atoms with Gasteiger partial charge in [-0.25, -0.2) is 4.79 Å². The lowest BCUT2D eigenvalue weighted by Gasteiger charge is -2.30. The molecule has 130 valence electrons. The predicted molar refractivity (Wildman–Crippen MR) is 98.6 cm³/mol. The van der Waals surface area contributed by atoms with Crippen LogP contribution in [0, 0.1) is 0 Å². The van der Waals surface area contributed by atoms with Crippen molar-refractivity contribution in [2.24, 2.45) is 0 Å². The van der Waals surface area contributed by atoms with Crippen LogP contribution >= 0.6 is 11.8 Å². The normalized spacial score (nSPS) is 18.5. The first kappa shape index (κ1) is 17.4. The fraction of sp³-hybridized carbons (Fsp3) is 0.263. The molecule has 0 spiro atoms. The molecule has 3 rings (SSSR count). The maximum absolute atomic E-state index is 12.6. The van der Waals surface area contributed by atoms with Crippen molar-refractivity contribution in [2.75, 3.05) is 5.32 Å². The molecule has 0 saturated carbocycles. The summed E-state index contributed by atoms with van der Waals surface area (Å²) in [5.74, 6) is -0.251. The van der Waals surface area contributed by atoms with Crippen molar-refractivity contribution in [1.29, 1.82) is 0 Å². The molecule has 2 N–H and O–H groups in total. The number of benzene rings is 2. The minimum Gasteiger partial charge on any atom is -0.445 e. The van der Waals surface area contributed by atoms with Crippen LogP contribution in [0.1, 0.15) is 19.4 Å². The first-order valence-corrected chi connectivity index (χ1v) is 8.83. The summed E-state index contributed by atoms with van der Waals surface area (Å²) < 4.78 is 4.73. The molecular formula is C19H20N2O3S. The Hall–Kier alpha value is -2.47. The lowest BCUT2D eigenvalue weighted by atomic mass is 10.0. The van der Waals surface area contributed by atoms with Gasteiger partial charge in [-0.1, -0.05) is 42.5 Å². The summed E-state index contributed by atoms with van der Waals surface area (Å²) in [6, 6.07) is 16.3. The Balaban J connectivity index is 1.68. The summed E-state index contributed by atoms with van der Waals surface area (Å²) in [6.07, 6.45) is -0.608. The average molecular weight is 356 g/mol. The smallest absolute Gasteiger partial charge is 0.408 e. The molecule has 2 aromatic carbocycles. The van der Waals surface area contributed by atoms with Crippen molar-refractivity contribution in [3.63, 3.8) is 0 Å². The van der Waals surface area contributed by atoms with Gasteiger partial charge in [-0.15, -0.1) is 11.8 Å². The van der Waals surface area contributed by atoms with E-state index in [9.17, 15) is 9.59 Å². The average Bonchev–Trinajstić information content (AvgIpc) is 2.68. The van der Waals surface area contributed by atoms with E-state index < -0.39 is 16.9 Å². The minimum absolute atomic E-state index is 0.162. The zero-order valence-electron chi connectivity index (χ0n) is 14.1. The third-order valence-corrected chi connectivity index (χ3v) is 5.29. The molecule has 0 radical (unpaired) electrons. The quantitative estimate of drug-likeness (QED) is 0.878. The number of alkyl carbamates (subject to hydrolysis) is 1. The Labute approximate surface area is 151 Å². The second kappa shape index (κ2) is 7.19. The number of anilines is 1. The van der Waals surface area contributed by atoms with Crippen LogP contribution in [0.25, 0.3) is 0 Å². The van der Waals surface area contributed by atoms with E-state index in [1.54, 1.807) is 11.8 Å². The molecule has 0 bridgehead atoms. The van der Waals surface area contributed by atoms with E-state index in [-0.39, 0.29) is 12.5 Å². The number of hydrogen-bond acceptors (Lipinski definition) is 4. The van der Waals surface area contributed by atoms with Crippen LogP contribution in [0.5, 0.6) is 0 Å². The summed E-state index contributed by atoms with van der Waals surface area (Å²) in [4.78, 5) is 25.8. The van der Waals surface area contributed by atoms with Crippen molar-refractivity contribution < 1.29 is 14.3 Å².